The van der Waals surface area contributed by atoms with Crippen molar-refractivity contribution in [3.05, 3.63) is 70.8 Å². The summed E-state index contributed by atoms with van der Waals surface area (Å²) in [5.41, 5.74) is 4.72. The van der Waals surface area contributed by atoms with Gasteiger partial charge in [-0.15, -0.1) is 0 Å². The van der Waals surface area contributed by atoms with E-state index in [1.165, 1.54) is 89.6 Å². The quantitative estimate of drug-likeness (QED) is 0.130. The molecule has 0 heterocycles. The largest absolute Gasteiger partial charge is 0.469 e. The highest BCUT2D eigenvalue weighted by atomic mass is 16.5. The van der Waals surface area contributed by atoms with Crippen LogP contribution in [0.25, 0.3) is 0 Å². The van der Waals surface area contributed by atoms with Gasteiger partial charge in [-0.25, -0.2) is 0 Å². The normalized spacial score (nSPS) is 11.7. The highest BCUT2D eigenvalue weighted by Gasteiger charge is 2.30. The number of esters is 2. The number of methoxy groups -OCH3 is 2. The van der Waals surface area contributed by atoms with Crippen molar-refractivity contribution in [3.63, 3.8) is 0 Å². The maximum atomic E-state index is 12.4. The van der Waals surface area contributed by atoms with E-state index in [4.69, 9.17) is 9.47 Å². The monoisotopic (exact) mass is 582 g/mol. The molecule has 0 radical (unpaired) electrons. The summed E-state index contributed by atoms with van der Waals surface area (Å²) in [4.78, 5) is 24.9. The number of benzene rings is 2. The van der Waals surface area contributed by atoms with Gasteiger partial charge in [0.2, 0.25) is 0 Å². The van der Waals surface area contributed by atoms with Gasteiger partial charge in [0, 0.05) is 11.8 Å². The average Bonchev–Trinajstić information content (AvgIpc) is 3.04. The van der Waals surface area contributed by atoms with Crippen LogP contribution in [-0.4, -0.2) is 26.2 Å². The van der Waals surface area contributed by atoms with E-state index >= 15 is 0 Å². The zero-order chi connectivity index (χ0) is 31.6. The van der Waals surface area contributed by atoms with Crippen LogP contribution in [0.4, 0.5) is 0 Å². The van der Waals surface area contributed by atoms with Crippen LogP contribution >= 0.6 is 0 Å². The third-order valence-corrected chi connectivity index (χ3v) is 7.67. The molecule has 0 aromatic heterocycles. The van der Waals surface area contributed by atoms with Gasteiger partial charge in [0.05, 0.1) is 27.1 Å². The summed E-state index contributed by atoms with van der Waals surface area (Å²) in [5.74, 6) is -0.903. The maximum absolute atomic E-state index is 12.4. The third kappa shape index (κ3) is 16.7. The molecule has 0 aliphatic carbocycles. The minimum atomic E-state index is -0.272. The Balaban J connectivity index is 0.00000257. The summed E-state index contributed by atoms with van der Waals surface area (Å²) in [6, 6.07) is 17.1. The molecule has 0 aliphatic heterocycles. The van der Waals surface area contributed by atoms with Gasteiger partial charge in [0.25, 0.3) is 0 Å². The predicted molar refractivity (Wildman–Crippen MR) is 179 cm³/mol. The van der Waals surface area contributed by atoms with Crippen molar-refractivity contribution >= 4 is 11.9 Å². The van der Waals surface area contributed by atoms with E-state index in [1.807, 2.05) is 13.8 Å². The third-order valence-electron chi connectivity index (χ3n) is 7.67. The zero-order valence-electron chi connectivity index (χ0n) is 28.3. The number of hydrogen-bond acceptors (Lipinski definition) is 4. The molecule has 0 N–H and O–H groups in total. The minimum absolute atomic E-state index is 0.180. The van der Waals surface area contributed by atoms with Crippen LogP contribution < -0.4 is 0 Å². The van der Waals surface area contributed by atoms with Gasteiger partial charge < -0.3 is 9.47 Å². The maximum Gasteiger partial charge on any atom is 0.306 e. The van der Waals surface area contributed by atoms with Crippen molar-refractivity contribution in [1.82, 2.24) is 0 Å². The predicted octanol–water partition coefficient (Wildman–Crippen LogP) is 10.8. The van der Waals surface area contributed by atoms with Gasteiger partial charge in [0.1, 0.15) is 0 Å². The van der Waals surface area contributed by atoms with Crippen molar-refractivity contribution < 1.29 is 19.1 Å². The van der Waals surface area contributed by atoms with E-state index in [1.54, 1.807) is 0 Å². The van der Waals surface area contributed by atoms with Gasteiger partial charge in [-0.3, -0.25) is 9.59 Å². The molecule has 4 nitrogen and oxygen atoms in total. The van der Waals surface area contributed by atoms with Crippen LogP contribution in [0, 0.1) is 0 Å². The summed E-state index contributed by atoms with van der Waals surface area (Å²) in [6.07, 6.45) is 15.1. The molecule has 4 heteroatoms. The molecule has 0 bridgehead atoms. The summed E-state index contributed by atoms with van der Waals surface area (Å²) < 4.78 is 10.1. The number of carbonyl (C=O) groups is 2. The van der Waals surface area contributed by atoms with Crippen LogP contribution in [0.5, 0.6) is 0 Å². The standard InChI is InChI=1S/C32H46O4.C4H10.C2H6/c1-5-7-9-11-13-25-15-19-27(20-16-25)29(23-31(33)35-3)30(24-32(34)36-4)28-21-17-26(18-22-28)14-12-10-8-6-2;1-3-4-2;1-2/h15-22,29-30H,5-14,23-24H2,1-4H3;3-4H2,1-2H3;1-2H3. The molecule has 2 rings (SSSR count). The van der Waals surface area contributed by atoms with E-state index in [-0.39, 0.29) is 36.6 Å². The van der Waals surface area contributed by atoms with Crippen LogP contribution in [-0.2, 0) is 31.9 Å². The highest BCUT2D eigenvalue weighted by molar-refractivity contribution is 5.73. The van der Waals surface area contributed by atoms with E-state index in [0.717, 1.165) is 24.0 Å². The molecule has 0 spiro atoms. The number of carbonyl (C=O) groups excluding carboxylic acids is 2. The molecule has 2 aromatic carbocycles. The van der Waals surface area contributed by atoms with Gasteiger partial charge in [-0.05, 0) is 47.9 Å². The Labute approximate surface area is 259 Å². The second kappa shape index (κ2) is 26.0. The van der Waals surface area contributed by atoms with E-state index in [0.29, 0.717) is 0 Å². The Kier molecular flexibility index (Phi) is 24.4. The number of unbranched alkanes of at least 4 members (excludes halogenated alkanes) is 7. The highest BCUT2D eigenvalue weighted by Crippen LogP contribution is 2.39. The number of ether oxygens (including phenoxy) is 2. The van der Waals surface area contributed by atoms with E-state index in [2.05, 4.69) is 76.2 Å². The Bertz CT molecular complexity index is 840. The molecule has 0 fully saturated rings. The van der Waals surface area contributed by atoms with Gasteiger partial charge >= 0.3 is 11.9 Å². The Morgan fingerprint density at radius 2 is 0.857 bits per heavy atom. The fraction of sp³-hybridized carbons (Fsp3) is 0.632. The van der Waals surface area contributed by atoms with Crippen LogP contribution in [0.15, 0.2) is 48.5 Å². The van der Waals surface area contributed by atoms with Crippen molar-refractivity contribution in [1.29, 1.82) is 0 Å². The molecule has 0 amide bonds. The molecule has 0 aliphatic rings. The fourth-order valence-corrected chi connectivity index (χ4v) is 4.89. The lowest BCUT2D eigenvalue weighted by molar-refractivity contribution is -0.143. The summed E-state index contributed by atoms with van der Waals surface area (Å²) in [7, 11) is 2.84. The second-order valence-electron chi connectivity index (χ2n) is 10.9. The molecular formula is C38H62O4. The fourth-order valence-electron chi connectivity index (χ4n) is 4.89. The summed E-state index contributed by atoms with van der Waals surface area (Å²) in [5, 5.41) is 0. The number of aryl methyl sites for hydroxylation is 2. The van der Waals surface area contributed by atoms with Crippen molar-refractivity contribution in [2.24, 2.45) is 0 Å². The first-order valence-electron chi connectivity index (χ1n) is 16.7. The molecule has 42 heavy (non-hydrogen) atoms. The molecule has 0 saturated heterocycles. The van der Waals surface area contributed by atoms with E-state index in [9.17, 15) is 9.59 Å². The first-order chi connectivity index (χ1) is 20.4. The van der Waals surface area contributed by atoms with Gasteiger partial charge in [-0.1, -0.05) is 141 Å². The first-order valence-corrected chi connectivity index (χ1v) is 16.7. The van der Waals surface area contributed by atoms with Crippen molar-refractivity contribution in [2.75, 3.05) is 14.2 Å². The lowest BCUT2D eigenvalue weighted by atomic mass is 9.77. The van der Waals surface area contributed by atoms with Crippen LogP contribution in [0.2, 0.25) is 0 Å². The lowest BCUT2D eigenvalue weighted by Crippen LogP contribution is -2.20. The summed E-state index contributed by atoms with van der Waals surface area (Å²) in [6.45, 7) is 12.8. The van der Waals surface area contributed by atoms with Crippen molar-refractivity contribution in [2.45, 2.75) is 143 Å². The average molecular weight is 583 g/mol. The summed E-state index contributed by atoms with van der Waals surface area (Å²) >= 11 is 0. The SMILES string of the molecule is CC.CCCC.CCCCCCc1ccc(C(CC(=O)OC)C(CC(=O)OC)c2ccc(CCCCCC)cc2)cc1. The van der Waals surface area contributed by atoms with E-state index < -0.39 is 0 Å². The molecule has 0 saturated carbocycles. The molecule has 238 valence electrons. The zero-order valence-corrected chi connectivity index (χ0v) is 28.3. The smallest absolute Gasteiger partial charge is 0.306 e. The first kappa shape index (κ1) is 39.4. The number of hydrogen-bond donors (Lipinski definition) is 0. The van der Waals surface area contributed by atoms with Gasteiger partial charge in [0.15, 0.2) is 0 Å². The molecule has 2 aromatic rings. The number of rotatable bonds is 18. The van der Waals surface area contributed by atoms with Gasteiger partial charge in [-0.2, -0.15) is 0 Å². The second-order valence-corrected chi connectivity index (χ2v) is 10.9. The van der Waals surface area contributed by atoms with Crippen LogP contribution in [0.1, 0.15) is 153 Å². The minimum Gasteiger partial charge on any atom is -0.469 e. The Morgan fingerprint density at radius 1 is 0.524 bits per heavy atom. The molecule has 2 atom stereocenters. The van der Waals surface area contributed by atoms with Crippen LogP contribution in [0.3, 0.4) is 0 Å². The lowest BCUT2D eigenvalue weighted by Gasteiger charge is -2.27. The Hall–Kier alpha value is -2.62. The molecule has 2 unspecified atom stereocenters. The van der Waals surface area contributed by atoms with Crippen molar-refractivity contribution in [3.8, 4) is 0 Å². The topological polar surface area (TPSA) is 52.6 Å². The molecular weight excluding hydrogens is 520 g/mol. The Morgan fingerprint density at radius 3 is 1.12 bits per heavy atom.